The number of nitrogens with zero attached hydrogens (tertiary/aromatic N) is 7. The van der Waals surface area contributed by atoms with Gasteiger partial charge in [0.25, 0.3) is 6.01 Å². The fourth-order valence-corrected chi connectivity index (χ4v) is 6.30. The van der Waals surface area contributed by atoms with Crippen LogP contribution >= 0.6 is 0 Å². The zero-order chi connectivity index (χ0) is 30.4. The molecule has 14 heteroatoms. The van der Waals surface area contributed by atoms with Gasteiger partial charge in [-0.2, -0.15) is 10.1 Å². The van der Waals surface area contributed by atoms with Crippen molar-refractivity contribution in [3.63, 3.8) is 0 Å². The summed E-state index contributed by atoms with van der Waals surface area (Å²) in [4.78, 5) is 18.1. The van der Waals surface area contributed by atoms with Crippen LogP contribution in [0.2, 0.25) is 0 Å². The quantitative estimate of drug-likeness (QED) is 0.253. The molecule has 0 radical (unpaired) electrons. The highest BCUT2D eigenvalue weighted by Gasteiger charge is 2.32. The molecule has 230 valence electrons. The van der Waals surface area contributed by atoms with E-state index >= 15 is 0 Å². The van der Waals surface area contributed by atoms with E-state index in [0.717, 1.165) is 68.5 Å². The van der Waals surface area contributed by atoms with Crippen LogP contribution in [-0.4, -0.2) is 80.2 Å². The maximum Gasteiger partial charge on any atom is 0.573 e. The molecular formula is C30H32F3N9O2. The number of aromatic nitrogens is 5. The molecule has 1 aliphatic carbocycles. The Kier molecular flexibility index (Phi) is 7.25. The van der Waals surface area contributed by atoms with E-state index in [0.29, 0.717) is 28.8 Å². The molecule has 3 aromatic heterocycles. The molecule has 0 unspecified atom stereocenters. The van der Waals surface area contributed by atoms with Crippen LogP contribution in [0.15, 0.2) is 53.2 Å². The molecule has 5 aromatic rings. The number of rotatable bonds is 6. The van der Waals surface area contributed by atoms with Crippen molar-refractivity contribution < 1.29 is 22.3 Å². The van der Waals surface area contributed by atoms with Crippen molar-refractivity contribution in [3.8, 4) is 17.0 Å². The first-order chi connectivity index (χ1) is 21.2. The lowest BCUT2D eigenvalue weighted by Crippen LogP contribution is -2.49. The number of ether oxygens (including phenoxy) is 1. The minimum Gasteiger partial charge on any atom is -0.423 e. The van der Waals surface area contributed by atoms with Gasteiger partial charge >= 0.3 is 6.36 Å². The summed E-state index contributed by atoms with van der Waals surface area (Å²) in [5.41, 5.74) is 9.88. The van der Waals surface area contributed by atoms with Crippen molar-refractivity contribution in [2.45, 2.75) is 44.1 Å². The highest BCUT2D eigenvalue weighted by molar-refractivity contribution is 5.98. The highest BCUT2D eigenvalue weighted by atomic mass is 19.4. The zero-order valence-electron chi connectivity index (χ0n) is 24.1. The predicted molar refractivity (Wildman–Crippen MR) is 160 cm³/mol. The SMILES string of the molecule is CN1CCN(C2CCC(n3nc(-c4ccc(Nc5nc6cc(OC(F)(F)F)ccc6o5)cc4)c4c(N)ncnc43)CC2)CC1. The number of nitrogens with one attached hydrogen (secondary N) is 1. The van der Waals surface area contributed by atoms with Crippen LogP contribution in [0.3, 0.4) is 0 Å². The molecule has 0 spiro atoms. The number of hydrogen-bond donors (Lipinski definition) is 2. The van der Waals surface area contributed by atoms with Crippen LogP contribution in [0.25, 0.3) is 33.4 Å². The number of alkyl halides is 3. The summed E-state index contributed by atoms with van der Waals surface area (Å²) < 4.78 is 49.4. The third-order valence-electron chi connectivity index (χ3n) is 8.59. The number of hydrogen-bond acceptors (Lipinski definition) is 10. The normalized spacial score (nSPS) is 20.4. The van der Waals surface area contributed by atoms with E-state index in [-0.39, 0.29) is 23.3 Å². The highest BCUT2D eigenvalue weighted by Crippen LogP contribution is 2.37. The van der Waals surface area contributed by atoms with Crippen molar-refractivity contribution in [3.05, 3.63) is 48.8 Å². The van der Waals surface area contributed by atoms with Crippen molar-refractivity contribution in [2.24, 2.45) is 0 Å². The van der Waals surface area contributed by atoms with Crippen LogP contribution in [0.4, 0.5) is 30.7 Å². The van der Waals surface area contributed by atoms with Crippen LogP contribution in [0, 0.1) is 0 Å². The fourth-order valence-electron chi connectivity index (χ4n) is 6.30. The van der Waals surface area contributed by atoms with Gasteiger partial charge in [0.15, 0.2) is 11.2 Å². The van der Waals surface area contributed by atoms with E-state index in [1.807, 2.05) is 28.9 Å². The maximum atomic E-state index is 12.6. The third-order valence-corrected chi connectivity index (χ3v) is 8.59. The first-order valence-electron chi connectivity index (χ1n) is 14.7. The monoisotopic (exact) mass is 607 g/mol. The molecule has 0 atom stereocenters. The molecule has 0 bridgehead atoms. The second-order valence-electron chi connectivity index (χ2n) is 11.5. The Morgan fingerprint density at radius 3 is 2.41 bits per heavy atom. The van der Waals surface area contributed by atoms with Crippen molar-refractivity contribution in [2.75, 3.05) is 44.3 Å². The van der Waals surface area contributed by atoms with Crippen molar-refractivity contribution >= 4 is 39.7 Å². The first kappa shape index (κ1) is 28.3. The molecule has 2 fully saturated rings. The molecule has 11 nitrogen and oxygen atoms in total. The lowest BCUT2D eigenvalue weighted by atomic mass is 9.90. The molecular weight excluding hydrogens is 575 g/mol. The summed E-state index contributed by atoms with van der Waals surface area (Å²) in [6.45, 7) is 4.49. The molecule has 1 saturated heterocycles. The Labute approximate surface area is 250 Å². The molecule has 0 amide bonds. The Morgan fingerprint density at radius 1 is 0.955 bits per heavy atom. The average Bonchev–Trinajstić information content (AvgIpc) is 3.59. The smallest absolute Gasteiger partial charge is 0.423 e. The van der Waals surface area contributed by atoms with Gasteiger partial charge in [-0.05, 0) is 57.0 Å². The minimum atomic E-state index is -4.79. The average molecular weight is 608 g/mol. The summed E-state index contributed by atoms with van der Waals surface area (Å²) in [5, 5.41) is 8.82. The minimum absolute atomic E-state index is 0.136. The third kappa shape index (κ3) is 5.74. The molecule has 1 saturated carbocycles. The summed E-state index contributed by atoms with van der Waals surface area (Å²) >= 11 is 0. The number of anilines is 3. The van der Waals surface area contributed by atoms with Crippen LogP contribution in [0.1, 0.15) is 31.7 Å². The van der Waals surface area contributed by atoms with Gasteiger partial charge in [-0.25, -0.2) is 14.6 Å². The number of fused-ring (bicyclic) bond motifs is 2. The number of likely N-dealkylation sites (N-methyl/N-ethyl adjacent to an activating group) is 1. The Bertz CT molecular complexity index is 1770. The number of halogens is 3. The van der Waals surface area contributed by atoms with E-state index in [9.17, 15) is 13.2 Å². The molecule has 7 rings (SSSR count). The van der Waals surface area contributed by atoms with Gasteiger partial charge in [0, 0.05) is 49.5 Å². The second kappa shape index (κ2) is 11.2. The van der Waals surface area contributed by atoms with E-state index in [1.54, 1.807) is 0 Å². The van der Waals surface area contributed by atoms with Gasteiger partial charge in [0.1, 0.15) is 29.1 Å². The molecule has 4 heterocycles. The number of nitrogen functional groups attached to an aromatic ring is 1. The molecule has 1 aliphatic heterocycles. The van der Waals surface area contributed by atoms with Crippen molar-refractivity contribution in [1.82, 2.24) is 34.5 Å². The van der Waals surface area contributed by atoms with Gasteiger partial charge in [-0.1, -0.05) is 12.1 Å². The van der Waals surface area contributed by atoms with Gasteiger partial charge in [-0.3, -0.25) is 4.90 Å². The largest absolute Gasteiger partial charge is 0.573 e. The Balaban J connectivity index is 1.09. The second-order valence-corrected chi connectivity index (χ2v) is 11.5. The predicted octanol–water partition coefficient (Wildman–Crippen LogP) is 5.59. The summed E-state index contributed by atoms with van der Waals surface area (Å²) in [7, 11) is 2.18. The van der Waals surface area contributed by atoms with Crippen LogP contribution in [0.5, 0.6) is 5.75 Å². The number of benzene rings is 2. The van der Waals surface area contributed by atoms with Gasteiger partial charge in [0.2, 0.25) is 0 Å². The molecule has 44 heavy (non-hydrogen) atoms. The summed E-state index contributed by atoms with van der Waals surface area (Å²) in [6.07, 6.45) is 0.989. The summed E-state index contributed by atoms with van der Waals surface area (Å²) in [5.74, 6) is 0.0112. The summed E-state index contributed by atoms with van der Waals surface area (Å²) in [6, 6.07) is 12.2. The molecule has 3 N–H and O–H groups in total. The fraction of sp³-hybridized carbons (Fsp3) is 0.400. The maximum absolute atomic E-state index is 12.6. The molecule has 2 aromatic carbocycles. The number of nitrogens with two attached hydrogens (primary N) is 1. The van der Waals surface area contributed by atoms with Crippen LogP contribution < -0.4 is 15.8 Å². The van der Waals surface area contributed by atoms with E-state index in [1.165, 1.54) is 24.5 Å². The van der Waals surface area contributed by atoms with Gasteiger partial charge < -0.3 is 25.1 Å². The lowest BCUT2D eigenvalue weighted by molar-refractivity contribution is -0.274. The topological polar surface area (TPSA) is 123 Å². The van der Waals surface area contributed by atoms with Crippen molar-refractivity contribution in [1.29, 1.82) is 0 Å². The Hall–Kier alpha value is -4.43. The van der Waals surface area contributed by atoms with Crippen LogP contribution in [-0.2, 0) is 0 Å². The van der Waals surface area contributed by atoms with Gasteiger partial charge in [-0.15, -0.1) is 13.2 Å². The first-order valence-corrected chi connectivity index (χ1v) is 14.7. The van der Waals surface area contributed by atoms with E-state index in [4.69, 9.17) is 15.2 Å². The number of oxazole rings is 1. The number of piperazine rings is 1. The molecule has 2 aliphatic rings. The lowest BCUT2D eigenvalue weighted by Gasteiger charge is -2.41. The Morgan fingerprint density at radius 2 is 1.68 bits per heavy atom. The van der Waals surface area contributed by atoms with E-state index < -0.39 is 6.36 Å². The van der Waals surface area contributed by atoms with E-state index in [2.05, 4.69) is 41.9 Å². The zero-order valence-corrected chi connectivity index (χ0v) is 24.1. The standard InChI is InChI=1S/C30H32F3N9O2/c1-40-12-14-41(15-13-40)20-6-8-21(9-7-20)42-28-25(27(34)35-17-36-28)26(39-42)18-2-4-19(5-3-18)37-29-38-23-16-22(44-30(31,32)33)10-11-24(23)43-29/h2-5,10-11,16-17,20-21H,6-9,12-15H2,1H3,(H,37,38)(H2,34,35,36). The van der Waals surface area contributed by atoms with Gasteiger partial charge in [0.05, 0.1) is 11.4 Å².